The van der Waals surface area contributed by atoms with Crippen molar-refractivity contribution >= 4 is 20.4 Å². The van der Waals surface area contributed by atoms with E-state index in [9.17, 15) is 14.4 Å². The summed E-state index contributed by atoms with van der Waals surface area (Å²) < 4.78 is 10.5. The summed E-state index contributed by atoms with van der Waals surface area (Å²) >= 11 is 0. The largest absolute Gasteiger partial charge is 0.467 e. The lowest BCUT2D eigenvalue weighted by atomic mass is 9.81. The zero-order valence-corrected chi connectivity index (χ0v) is 20.8. The van der Waals surface area contributed by atoms with Crippen molar-refractivity contribution < 1.29 is 28.7 Å². The maximum absolute atomic E-state index is 12.8. The molecule has 1 fully saturated rings. The first-order valence-electron chi connectivity index (χ1n) is 10.4. The van der Waals surface area contributed by atoms with Crippen LogP contribution in [0.2, 0.25) is 18.1 Å². The minimum absolute atomic E-state index is 0.0217. The Balaban J connectivity index is 3.20. The highest BCUT2D eigenvalue weighted by atomic mass is 28.4. The molecule has 9 heteroatoms. The van der Waals surface area contributed by atoms with E-state index >= 15 is 0 Å². The Bertz CT molecular complexity index is 612. The van der Waals surface area contributed by atoms with Gasteiger partial charge in [0.2, 0.25) is 0 Å². The minimum Gasteiger partial charge on any atom is -0.467 e. The monoisotopic (exact) mass is 444 g/mol. The third-order valence-corrected chi connectivity index (χ3v) is 9.35. The average Bonchev–Trinajstić information content (AvgIpc) is 2.59. The average molecular weight is 445 g/mol. The quantitative estimate of drug-likeness (QED) is 0.195. The summed E-state index contributed by atoms with van der Waals surface area (Å²) in [5.41, 5.74) is 2.34. The van der Waals surface area contributed by atoms with Crippen molar-refractivity contribution in [2.75, 3.05) is 20.3 Å². The number of likely N-dealkylation sites (tertiary alicyclic amines) is 1. The van der Waals surface area contributed by atoms with Gasteiger partial charge in [0.25, 0.3) is 0 Å². The van der Waals surface area contributed by atoms with Gasteiger partial charge in [-0.05, 0) is 57.7 Å². The molecule has 1 amide bonds. The molecule has 0 aromatic carbocycles. The zero-order valence-electron chi connectivity index (χ0n) is 19.8. The molecule has 1 heterocycles. The molecule has 0 unspecified atom stereocenters. The smallest absolute Gasteiger partial charge is 0.411 e. The second-order valence-electron chi connectivity index (χ2n) is 10.1. The van der Waals surface area contributed by atoms with E-state index < -0.39 is 32.0 Å². The second kappa shape index (κ2) is 10.3. The standard InChI is InChI=1S/C21H40N2O6Si/c1-10-11-28-22-16-14-23(19(25)29-20(2,3)4)17(18(24)27-7)12-15(16)13-21(5,6)30(8,9)26/h10,15-17,22,26H,1,11-14H2,2-9H3/t15-,16+,17+/m1/s1. The number of hydrogen-bond acceptors (Lipinski definition) is 7. The normalized spacial score (nSPS) is 23.1. The van der Waals surface area contributed by atoms with Gasteiger partial charge < -0.3 is 14.3 Å². The van der Waals surface area contributed by atoms with Gasteiger partial charge in [0.15, 0.2) is 8.32 Å². The van der Waals surface area contributed by atoms with Crippen LogP contribution < -0.4 is 5.48 Å². The summed E-state index contributed by atoms with van der Waals surface area (Å²) in [5, 5.41) is -0.301. The molecule has 0 bridgehead atoms. The predicted molar refractivity (Wildman–Crippen MR) is 118 cm³/mol. The fraction of sp³-hybridized carbons (Fsp3) is 0.810. The number of rotatable bonds is 8. The lowest BCUT2D eigenvalue weighted by Gasteiger charge is -2.46. The van der Waals surface area contributed by atoms with Gasteiger partial charge in [-0.1, -0.05) is 19.9 Å². The molecule has 0 aromatic heterocycles. The Morgan fingerprint density at radius 2 is 1.87 bits per heavy atom. The number of piperidine rings is 1. The molecule has 1 aliphatic rings. The van der Waals surface area contributed by atoms with Crippen molar-refractivity contribution in [3.05, 3.63) is 12.7 Å². The molecule has 0 aromatic rings. The van der Waals surface area contributed by atoms with Gasteiger partial charge in [-0.2, -0.15) is 5.48 Å². The molecule has 1 rings (SSSR count). The van der Waals surface area contributed by atoms with Crippen LogP contribution in [0.15, 0.2) is 12.7 Å². The van der Waals surface area contributed by atoms with Gasteiger partial charge in [0.05, 0.1) is 19.8 Å². The van der Waals surface area contributed by atoms with Crippen LogP contribution in [-0.4, -0.2) is 68.0 Å². The number of nitrogens with one attached hydrogen (secondary N) is 1. The Morgan fingerprint density at radius 1 is 1.27 bits per heavy atom. The first-order valence-corrected chi connectivity index (χ1v) is 13.4. The number of ether oxygens (including phenoxy) is 2. The Labute approximate surface area is 182 Å². The number of nitrogens with zero attached hydrogens (tertiary/aromatic N) is 1. The van der Waals surface area contributed by atoms with Gasteiger partial charge in [-0.3, -0.25) is 9.74 Å². The van der Waals surface area contributed by atoms with Crippen molar-refractivity contribution in [2.24, 2.45) is 5.92 Å². The van der Waals surface area contributed by atoms with Crippen LogP contribution in [0.4, 0.5) is 4.79 Å². The summed E-state index contributed by atoms with van der Waals surface area (Å²) in [6, 6.07) is -0.999. The van der Waals surface area contributed by atoms with Gasteiger partial charge in [0.1, 0.15) is 11.6 Å². The van der Waals surface area contributed by atoms with E-state index in [4.69, 9.17) is 14.3 Å². The highest BCUT2D eigenvalue weighted by molar-refractivity contribution is 6.72. The molecule has 8 nitrogen and oxygen atoms in total. The number of esters is 1. The van der Waals surface area contributed by atoms with E-state index in [1.54, 1.807) is 26.8 Å². The van der Waals surface area contributed by atoms with E-state index in [2.05, 4.69) is 12.1 Å². The number of hydrogen-bond donors (Lipinski definition) is 2. The first-order chi connectivity index (χ1) is 13.6. The number of carbonyl (C=O) groups excluding carboxylic acids is 2. The van der Waals surface area contributed by atoms with Crippen molar-refractivity contribution in [2.45, 2.75) is 83.3 Å². The summed E-state index contributed by atoms with van der Waals surface area (Å²) in [4.78, 5) is 43.1. The topological polar surface area (TPSA) is 97.3 Å². The SMILES string of the molecule is C=CCON[C@H]1CN(C(=O)OC(C)(C)C)[C@H](C(=O)OC)C[C@@H]1CC(C)(C)[Si](C)(C)O. The number of carbonyl (C=O) groups is 2. The van der Waals surface area contributed by atoms with E-state index in [0.29, 0.717) is 19.4 Å². The molecule has 3 atom stereocenters. The molecule has 30 heavy (non-hydrogen) atoms. The van der Waals surface area contributed by atoms with E-state index in [1.165, 1.54) is 12.0 Å². The molecule has 0 spiro atoms. The van der Waals surface area contributed by atoms with Crippen molar-refractivity contribution in [1.82, 2.24) is 10.4 Å². The molecule has 174 valence electrons. The fourth-order valence-corrected chi connectivity index (χ4v) is 4.19. The lowest BCUT2D eigenvalue weighted by molar-refractivity contribution is -0.150. The van der Waals surface area contributed by atoms with Gasteiger partial charge >= 0.3 is 12.1 Å². The highest BCUT2D eigenvalue weighted by Gasteiger charge is 2.47. The van der Waals surface area contributed by atoms with Gasteiger partial charge in [-0.15, -0.1) is 6.58 Å². The molecule has 2 N–H and O–H groups in total. The maximum Gasteiger partial charge on any atom is 0.411 e. The lowest BCUT2D eigenvalue weighted by Crippen LogP contribution is -2.60. The van der Waals surface area contributed by atoms with Gasteiger partial charge in [-0.25, -0.2) is 9.59 Å². The summed E-state index contributed by atoms with van der Waals surface area (Å²) in [7, 11) is -1.16. The number of hydroxylamine groups is 1. The summed E-state index contributed by atoms with van der Waals surface area (Å²) in [6.45, 7) is 17.4. The van der Waals surface area contributed by atoms with E-state index in [-0.39, 0.29) is 23.5 Å². The van der Waals surface area contributed by atoms with Crippen LogP contribution in [0.3, 0.4) is 0 Å². The number of amides is 1. The summed E-state index contributed by atoms with van der Waals surface area (Å²) in [6.07, 6.45) is 2.12. The van der Waals surface area contributed by atoms with Gasteiger partial charge in [0, 0.05) is 6.54 Å². The van der Waals surface area contributed by atoms with Crippen molar-refractivity contribution in [3.63, 3.8) is 0 Å². The molecule has 0 aliphatic carbocycles. The predicted octanol–water partition coefficient (Wildman–Crippen LogP) is 3.23. The fourth-order valence-electron chi connectivity index (χ4n) is 3.43. The van der Waals surface area contributed by atoms with Crippen LogP contribution in [-0.2, 0) is 19.1 Å². The van der Waals surface area contributed by atoms with E-state index in [1.807, 2.05) is 26.9 Å². The zero-order chi connectivity index (χ0) is 23.3. The van der Waals surface area contributed by atoms with Crippen LogP contribution >= 0.6 is 0 Å². The molecular weight excluding hydrogens is 404 g/mol. The van der Waals surface area contributed by atoms with Crippen molar-refractivity contribution in [3.8, 4) is 0 Å². The second-order valence-corrected chi connectivity index (χ2v) is 14.6. The molecule has 1 saturated heterocycles. The van der Waals surface area contributed by atoms with Crippen LogP contribution in [0, 0.1) is 5.92 Å². The number of methoxy groups -OCH3 is 1. The third-order valence-electron chi connectivity index (χ3n) is 5.83. The molecule has 0 radical (unpaired) electrons. The molecule has 0 saturated carbocycles. The third kappa shape index (κ3) is 7.37. The minimum atomic E-state index is -2.47. The molecule has 1 aliphatic heterocycles. The van der Waals surface area contributed by atoms with Crippen LogP contribution in [0.5, 0.6) is 0 Å². The van der Waals surface area contributed by atoms with Crippen LogP contribution in [0.1, 0.15) is 47.5 Å². The van der Waals surface area contributed by atoms with Crippen LogP contribution in [0.25, 0.3) is 0 Å². The Kier molecular flexibility index (Phi) is 9.10. The Hall–Kier alpha value is -1.42. The van der Waals surface area contributed by atoms with Crippen molar-refractivity contribution in [1.29, 1.82) is 0 Å². The maximum atomic E-state index is 12.8. The van der Waals surface area contributed by atoms with E-state index in [0.717, 1.165) is 0 Å². The Morgan fingerprint density at radius 3 is 2.33 bits per heavy atom. The highest BCUT2D eigenvalue weighted by Crippen LogP contribution is 2.44. The first kappa shape index (κ1) is 26.6. The summed E-state index contributed by atoms with van der Waals surface area (Å²) in [5.74, 6) is -0.499. The molecular formula is C21H40N2O6Si.